The quantitative estimate of drug-likeness (QED) is 0.468. The van der Waals surface area contributed by atoms with Crippen molar-refractivity contribution in [3.63, 3.8) is 0 Å². The number of thioether (sulfide) groups is 1. The second-order valence-electron chi connectivity index (χ2n) is 5.76. The van der Waals surface area contributed by atoms with Crippen molar-refractivity contribution in [2.45, 2.75) is 17.8 Å². The van der Waals surface area contributed by atoms with Gasteiger partial charge in [-0.2, -0.15) is 18.4 Å². The number of para-hydroxylation sites is 1. The Morgan fingerprint density at radius 1 is 1.30 bits per heavy atom. The Morgan fingerprint density at radius 3 is 2.70 bits per heavy atom. The summed E-state index contributed by atoms with van der Waals surface area (Å²) in [5.41, 5.74) is -2.40. The fourth-order valence-corrected chi connectivity index (χ4v) is 3.28. The summed E-state index contributed by atoms with van der Waals surface area (Å²) in [6.07, 6.45) is -3.43. The molecule has 0 saturated heterocycles. The number of ether oxygens (including phenoxy) is 1. The summed E-state index contributed by atoms with van der Waals surface area (Å²) in [7, 11) is 0. The second kappa shape index (κ2) is 8.83. The lowest BCUT2D eigenvalue weighted by Crippen LogP contribution is -2.17. The summed E-state index contributed by atoms with van der Waals surface area (Å²) in [6, 6.07) is 10.8. The number of hydrogen-bond donors (Lipinski definition) is 1. The average molecular weight is 435 g/mol. The molecule has 154 valence electrons. The van der Waals surface area contributed by atoms with E-state index in [2.05, 4.69) is 15.2 Å². The summed E-state index contributed by atoms with van der Waals surface area (Å²) in [5, 5.41) is 16.3. The first-order valence-electron chi connectivity index (χ1n) is 8.27. The smallest absolute Gasteiger partial charge is 0.417 e. The number of rotatable bonds is 6. The normalized spacial score (nSPS) is 11.1. The number of nitrogens with zero attached hydrogens (tertiary/aromatic N) is 4. The van der Waals surface area contributed by atoms with Gasteiger partial charge in [-0.1, -0.05) is 30.0 Å². The zero-order valence-corrected chi connectivity index (χ0v) is 15.8. The van der Waals surface area contributed by atoms with Gasteiger partial charge in [0, 0.05) is 11.8 Å². The van der Waals surface area contributed by atoms with Crippen molar-refractivity contribution in [2.75, 3.05) is 5.75 Å². The van der Waals surface area contributed by atoms with Crippen molar-refractivity contribution in [3.8, 4) is 11.8 Å². The minimum Gasteiger partial charge on any atom is -0.457 e. The summed E-state index contributed by atoms with van der Waals surface area (Å²) in [6.45, 7) is -0.224. The summed E-state index contributed by atoms with van der Waals surface area (Å²) in [5.74, 6) is -0.861. The molecule has 0 aliphatic rings. The predicted octanol–water partition coefficient (Wildman–Crippen LogP) is 2.68. The van der Waals surface area contributed by atoms with Crippen LogP contribution in [0.3, 0.4) is 0 Å². The zero-order valence-electron chi connectivity index (χ0n) is 15.0. The molecular formula is C18H12F3N5O3S. The van der Waals surface area contributed by atoms with Crippen molar-refractivity contribution in [3.05, 3.63) is 70.0 Å². The number of halogens is 3. The van der Waals surface area contributed by atoms with Crippen molar-refractivity contribution in [1.29, 1.82) is 5.26 Å². The van der Waals surface area contributed by atoms with Gasteiger partial charge >= 0.3 is 12.1 Å². The Kier molecular flexibility index (Phi) is 6.22. The van der Waals surface area contributed by atoms with Crippen molar-refractivity contribution >= 4 is 17.7 Å². The molecule has 0 aliphatic heterocycles. The van der Waals surface area contributed by atoms with Gasteiger partial charge in [0.25, 0.3) is 0 Å². The topological polar surface area (TPSA) is 114 Å². The van der Waals surface area contributed by atoms with E-state index in [1.165, 1.54) is 12.4 Å². The molecule has 0 aliphatic carbocycles. The Bertz CT molecular complexity index is 1150. The summed E-state index contributed by atoms with van der Waals surface area (Å²) in [4.78, 5) is 25.7. The number of nitrogens with one attached hydrogen (secondary N) is 1. The molecule has 1 aromatic carbocycles. The molecule has 8 nitrogen and oxygen atoms in total. The lowest BCUT2D eigenvalue weighted by atomic mass is 10.1. The molecule has 0 bridgehead atoms. The first-order chi connectivity index (χ1) is 14.3. The molecule has 12 heteroatoms. The molecule has 0 amide bonds. The molecule has 0 radical (unpaired) electrons. The van der Waals surface area contributed by atoms with Crippen LogP contribution in [-0.2, 0) is 22.3 Å². The minimum absolute atomic E-state index is 0.224. The highest BCUT2D eigenvalue weighted by Gasteiger charge is 2.35. The number of esters is 1. The van der Waals surface area contributed by atoms with E-state index in [0.29, 0.717) is 23.7 Å². The van der Waals surface area contributed by atoms with Crippen LogP contribution < -0.4 is 5.56 Å². The number of H-pyrrole nitrogens is 1. The molecule has 3 aromatic rings. The number of pyridine rings is 1. The van der Waals surface area contributed by atoms with E-state index in [1.54, 1.807) is 16.7 Å². The van der Waals surface area contributed by atoms with E-state index >= 15 is 0 Å². The van der Waals surface area contributed by atoms with Crippen molar-refractivity contribution < 1.29 is 22.7 Å². The standard InChI is InChI=1S/C18H12F3N5O3S/c19-18(20,21)13-6-15(27)24-17(12(13)7-22)30-9-16(28)29-8-14-25-23-10-26(14)11-4-2-1-3-5-11/h1-6,10H,8-9H2,(H,24,27). The van der Waals surface area contributed by atoms with E-state index in [1.807, 2.05) is 18.2 Å². The van der Waals surface area contributed by atoms with E-state index < -0.39 is 34.6 Å². The van der Waals surface area contributed by atoms with Gasteiger partial charge in [0.2, 0.25) is 5.56 Å². The number of benzene rings is 1. The maximum absolute atomic E-state index is 13.0. The van der Waals surface area contributed by atoms with Crippen LogP contribution >= 0.6 is 11.8 Å². The Morgan fingerprint density at radius 2 is 2.03 bits per heavy atom. The number of aromatic nitrogens is 4. The molecule has 30 heavy (non-hydrogen) atoms. The Balaban J connectivity index is 1.67. The first-order valence-corrected chi connectivity index (χ1v) is 9.25. The second-order valence-corrected chi connectivity index (χ2v) is 6.75. The lowest BCUT2D eigenvalue weighted by Gasteiger charge is -2.11. The van der Waals surface area contributed by atoms with Crippen LogP contribution in [0.5, 0.6) is 0 Å². The maximum Gasteiger partial charge on any atom is 0.417 e. The van der Waals surface area contributed by atoms with Gasteiger partial charge in [-0.15, -0.1) is 10.2 Å². The molecule has 3 rings (SSSR count). The van der Waals surface area contributed by atoms with Crippen LogP contribution in [0.1, 0.15) is 17.0 Å². The molecule has 0 fully saturated rings. The molecule has 1 N–H and O–H groups in total. The highest BCUT2D eigenvalue weighted by Crippen LogP contribution is 2.34. The number of carbonyl (C=O) groups excluding carboxylic acids is 1. The van der Waals surface area contributed by atoms with Gasteiger partial charge in [-0.05, 0) is 12.1 Å². The fraction of sp³-hybridized carbons (Fsp3) is 0.167. The number of nitriles is 1. The minimum atomic E-state index is -4.88. The molecule has 0 spiro atoms. The SMILES string of the molecule is N#Cc1c(C(F)(F)F)cc(=O)[nH]c1SCC(=O)OCc1nncn1-c1ccccc1. The Labute approximate surface area is 171 Å². The van der Waals surface area contributed by atoms with E-state index in [4.69, 9.17) is 10.00 Å². The third kappa shape index (κ3) is 4.87. The monoisotopic (exact) mass is 435 g/mol. The van der Waals surface area contributed by atoms with Gasteiger partial charge in [-0.25, -0.2) is 0 Å². The average Bonchev–Trinajstić information content (AvgIpc) is 3.19. The molecule has 0 unspecified atom stereocenters. The molecule has 0 saturated carbocycles. The van der Waals surface area contributed by atoms with Gasteiger partial charge in [-0.3, -0.25) is 14.2 Å². The van der Waals surface area contributed by atoms with E-state index in [-0.39, 0.29) is 11.6 Å². The van der Waals surface area contributed by atoms with Crippen LogP contribution in [0.4, 0.5) is 13.2 Å². The van der Waals surface area contributed by atoms with Gasteiger partial charge in [0.05, 0.1) is 21.9 Å². The lowest BCUT2D eigenvalue weighted by molar-refractivity contribution is -0.142. The third-order valence-corrected chi connectivity index (χ3v) is 4.75. The summed E-state index contributed by atoms with van der Waals surface area (Å²) >= 11 is 0.567. The highest BCUT2D eigenvalue weighted by molar-refractivity contribution is 7.99. The number of aromatic amines is 1. The number of hydrogen-bond acceptors (Lipinski definition) is 7. The third-order valence-electron chi connectivity index (χ3n) is 3.78. The van der Waals surface area contributed by atoms with Crippen LogP contribution in [-0.4, -0.2) is 31.5 Å². The molecule has 0 atom stereocenters. The maximum atomic E-state index is 13.0. The highest BCUT2D eigenvalue weighted by atomic mass is 32.2. The van der Waals surface area contributed by atoms with Crippen molar-refractivity contribution in [1.82, 2.24) is 19.7 Å². The van der Waals surface area contributed by atoms with Crippen LogP contribution in [0.25, 0.3) is 5.69 Å². The number of alkyl halides is 3. The summed E-state index contributed by atoms with van der Waals surface area (Å²) < 4.78 is 45.8. The predicted molar refractivity (Wildman–Crippen MR) is 98.7 cm³/mol. The fourth-order valence-electron chi connectivity index (χ4n) is 2.46. The largest absolute Gasteiger partial charge is 0.457 e. The Hall–Kier alpha value is -3.59. The van der Waals surface area contributed by atoms with Crippen LogP contribution in [0.2, 0.25) is 0 Å². The molecule has 2 aromatic heterocycles. The molecular weight excluding hydrogens is 423 g/mol. The van der Waals surface area contributed by atoms with E-state index in [0.717, 1.165) is 5.69 Å². The van der Waals surface area contributed by atoms with Gasteiger partial charge in [0.15, 0.2) is 12.4 Å². The molecule has 2 heterocycles. The first kappa shape index (κ1) is 21.1. The van der Waals surface area contributed by atoms with Gasteiger partial charge in [0.1, 0.15) is 12.4 Å². The van der Waals surface area contributed by atoms with Gasteiger partial charge < -0.3 is 9.72 Å². The van der Waals surface area contributed by atoms with Crippen LogP contribution in [0.15, 0.2) is 52.5 Å². The zero-order chi connectivity index (χ0) is 21.7. The van der Waals surface area contributed by atoms with Crippen LogP contribution in [0, 0.1) is 11.3 Å². The van der Waals surface area contributed by atoms with E-state index in [9.17, 15) is 22.8 Å². The number of carbonyl (C=O) groups is 1. The van der Waals surface area contributed by atoms with Crippen molar-refractivity contribution in [2.24, 2.45) is 0 Å².